The second kappa shape index (κ2) is 26.8. The van der Waals surface area contributed by atoms with Crippen molar-refractivity contribution in [3.63, 3.8) is 0 Å². The van der Waals surface area contributed by atoms with E-state index in [1.807, 2.05) is 132 Å². The second-order valence-electron chi connectivity index (χ2n) is 32.9. The Bertz CT molecular complexity index is 6850. The lowest BCUT2D eigenvalue weighted by Crippen LogP contribution is -2.51. The van der Waals surface area contributed by atoms with Crippen molar-refractivity contribution in [3.05, 3.63) is 308 Å². The standard InChI is InChI=1S/2C31H35N2.C23H27N2.C17H23N2/c2*1-20-17-21(2)19-24(18-20)28-26(23-14-10-9-11-15-23)29-31(6,7)30(4,5)25-16-12-13-22(3)27(25)33(29)32(28)8;1-16-11-10-14-19-20(16)25-21(23(4,5)22(19,2)3)18(15-24(25)6)17-12-8-7-9-13-17;1-12-8-7-9-13-15(12)19-14(10-11-18(19)6)17(4,5)16(13,2)3/h2*9-19H,1-8H3;7-15H,1-6H3;7-11H,1-6H3/q4*+1/i1D3,6D3;6D3;2*2D3,4D3,5D3. The maximum absolute atomic E-state index is 8.93. The number of aryl methyl sites for hydroxylation is 10. The fraction of sp³-hybridized carbons (Fsp3) is 0.353. The van der Waals surface area contributed by atoms with Gasteiger partial charge in [0.2, 0.25) is 17.6 Å². The van der Waals surface area contributed by atoms with Gasteiger partial charge in [0.05, 0.1) is 22.4 Å². The van der Waals surface area contributed by atoms with E-state index in [0.29, 0.717) is 33.8 Å². The molecule has 0 saturated carbocycles. The Morgan fingerprint density at radius 3 is 1.03 bits per heavy atom. The van der Waals surface area contributed by atoms with E-state index in [2.05, 4.69) is 111 Å². The van der Waals surface area contributed by atoms with Gasteiger partial charge in [0.15, 0.2) is 34.4 Å². The van der Waals surface area contributed by atoms with Crippen molar-refractivity contribution in [3.8, 4) is 78.6 Å². The summed E-state index contributed by atoms with van der Waals surface area (Å²) in [6.45, 7) is 3.13. The minimum atomic E-state index is -3.20. The van der Waals surface area contributed by atoms with E-state index in [4.69, 9.17) is 37.0 Å². The maximum atomic E-state index is 8.93. The van der Waals surface area contributed by atoms with E-state index in [9.17, 15) is 0 Å². The van der Waals surface area contributed by atoms with E-state index in [-0.39, 0.29) is 28.1 Å². The number of fused-ring (bicyclic) bond motifs is 12. The van der Waals surface area contributed by atoms with Crippen LogP contribution in [0.3, 0.4) is 0 Å². The molecule has 17 rings (SSSR count). The fourth-order valence-corrected chi connectivity index (χ4v) is 17.8. The zero-order valence-electron chi connectivity index (χ0n) is 93.9. The molecule has 0 saturated heterocycles. The highest BCUT2D eigenvalue weighted by molar-refractivity contribution is 5.86. The summed E-state index contributed by atoms with van der Waals surface area (Å²) in [5, 5.41) is 0. The summed E-state index contributed by atoms with van der Waals surface area (Å²) in [7, 11) is 7.38. The number of para-hydroxylation sites is 4. The summed E-state index contributed by atoms with van der Waals surface area (Å²) in [6.07, 6.45) is 3.24. The minimum absolute atomic E-state index is 0.0402. The summed E-state index contributed by atoms with van der Waals surface area (Å²) in [5.41, 5.74) is 8.66. The summed E-state index contributed by atoms with van der Waals surface area (Å²) in [5.74, 6) is 0. The SMILES string of the molecule is [2H]C([2H])([2H])C1(C)c2c(-c3ccccc3)c(-c3cc(C)cc(C)c3)[n+](C)n2-c2c(C)cccc2C1(C)C.[2H]C([2H])([2H])C1(C)c2cccc(C)c2-n2c(c(-c3ccccc3)c[n+]2C)C1(C([2H])([2H])[2H])C([2H])([2H])[2H].[2H]C([2H])([2H])C1(C)c2cccc(C)c2-n2c(cc[n+]2C)C1(C([2H])([2H])[2H])C([2H])([2H])[2H].[2H]C([2H])([2H])c1cc(C)cc(-c2c(-c3ccccc3)c3n([n+]2C)-c2c(C)cccc2C(C)(C)C3(C)C([2H])([2H])[2H])c1. The Balaban J connectivity index is 0.000000147. The van der Waals surface area contributed by atoms with Gasteiger partial charge in [0.25, 0.3) is 0 Å². The highest BCUT2D eigenvalue weighted by Gasteiger charge is 2.56. The zero-order valence-corrected chi connectivity index (χ0v) is 66.9. The van der Waals surface area contributed by atoms with Gasteiger partial charge in [-0.25, -0.2) is 0 Å². The van der Waals surface area contributed by atoms with Crippen LogP contribution in [0.2, 0.25) is 0 Å². The molecule has 4 unspecified atom stereocenters. The molecule has 4 atom stereocenters. The number of hydrogen-bond acceptors (Lipinski definition) is 0. The third-order valence-corrected chi connectivity index (χ3v) is 24.7. The lowest BCUT2D eigenvalue weighted by atomic mass is 9.59. The molecule has 4 aliphatic rings. The van der Waals surface area contributed by atoms with Crippen molar-refractivity contribution in [2.45, 2.75) is 209 Å². The Morgan fingerprint density at radius 2 is 0.636 bits per heavy atom. The Labute approximate surface area is 695 Å². The molecule has 13 aromatic rings. The van der Waals surface area contributed by atoms with Crippen LogP contribution in [0, 0.1) is 55.3 Å². The average Bonchev–Trinajstić information content (AvgIpc) is 1.54. The molecule has 564 valence electrons. The molecule has 0 fully saturated rings. The van der Waals surface area contributed by atoms with Gasteiger partial charge in [-0.1, -0.05) is 308 Å². The van der Waals surface area contributed by atoms with Gasteiger partial charge in [-0.3, -0.25) is 0 Å². The predicted molar refractivity (Wildman–Crippen MR) is 457 cm³/mol. The van der Waals surface area contributed by atoms with Crippen molar-refractivity contribution in [1.82, 2.24) is 18.7 Å². The molecule has 8 heterocycles. The molecule has 0 spiro atoms. The lowest BCUT2D eigenvalue weighted by molar-refractivity contribution is -0.745. The number of aromatic nitrogens is 8. The Kier molecular flexibility index (Phi) is 12.2. The molecule has 0 bridgehead atoms. The van der Waals surface area contributed by atoms with Gasteiger partial charge >= 0.3 is 0 Å². The van der Waals surface area contributed by atoms with Gasteiger partial charge in [-0.05, 0) is 141 Å². The molecule has 0 aliphatic carbocycles. The van der Waals surface area contributed by atoms with E-state index in [1.165, 1.54) is 41.8 Å². The summed E-state index contributed by atoms with van der Waals surface area (Å²) >= 11 is 0. The Hall–Kier alpha value is -10.2. The lowest BCUT2D eigenvalue weighted by Gasteiger charge is -2.46. The molecule has 110 heavy (non-hydrogen) atoms. The maximum Gasteiger partial charge on any atom is 0.246 e. The van der Waals surface area contributed by atoms with Gasteiger partial charge in [0, 0.05) is 97.5 Å². The van der Waals surface area contributed by atoms with E-state index < -0.39 is 105 Å². The minimum Gasteiger partial charge on any atom is -0.124 e. The number of nitrogens with zero attached hydrogens (tertiary/aromatic N) is 8. The molecule has 0 radical (unpaired) electrons. The Morgan fingerprint density at radius 1 is 0.291 bits per heavy atom. The molecule has 4 aliphatic heterocycles. The topological polar surface area (TPSA) is 35.2 Å². The van der Waals surface area contributed by atoms with E-state index >= 15 is 0 Å². The first-order valence-corrected chi connectivity index (χ1v) is 37.7. The van der Waals surface area contributed by atoms with Crippen LogP contribution in [0.5, 0.6) is 0 Å². The quantitative estimate of drug-likeness (QED) is 0.154. The van der Waals surface area contributed by atoms with Crippen LogP contribution in [0.1, 0.15) is 237 Å². The van der Waals surface area contributed by atoms with Gasteiger partial charge < -0.3 is 0 Å². The van der Waals surface area contributed by atoms with Crippen molar-refractivity contribution < 1.29 is 55.7 Å². The molecule has 4 aromatic heterocycles. The molecular formula is C102H120N8+4. The molecule has 9 aromatic carbocycles. The van der Waals surface area contributed by atoms with Crippen LogP contribution in [0.4, 0.5) is 0 Å². The van der Waals surface area contributed by atoms with E-state index in [0.717, 1.165) is 95.2 Å². The van der Waals surface area contributed by atoms with Crippen molar-refractivity contribution in [2.24, 2.45) is 28.2 Å². The van der Waals surface area contributed by atoms with Crippen molar-refractivity contribution in [2.75, 3.05) is 0 Å². The largest absolute Gasteiger partial charge is 0.246 e. The smallest absolute Gasteiger partial charge is 0.124 e. The second-order valence-corrected chi connectivity index (χ2v) is 32.9. The molecule has 0 amide bonds. The first-order valence-electron chi connectivity index (χ1n) is 51.2. The highest BCUT2D eigenvalue weighted by atomic mass is 15.4. The van der Waals surface area contributed by atoms with Gasteiger partial charge in [-0.2, -0.15) is 0 Å². The summed E-state index contributed by atoms with van der Waals surface area (Å²) in [4.78, 5) is 0. The first kappa shape index (κ1) is 49.9. The highest BCUT2D eigenvalue weighted by Crippen LogP contribution is 2.58. The third-order valence-electron chi connectivity index (χ3n) is 24.7. The third kappa shape index (κ3) is 11.5. The summed E-state index contributed by atoms with van der Waals surface area (Å²) < 4.78 is 245. The molecule has 0 N–H and O–H groups in total. The first-order chi connectivity index (χ1) is 62.9. The average molecular weight is 1490 g/mol. The molecule has 8 heteroatoms. The fourth-order valence-electron chi connectivity index (χ4n) is 17.8. The summed E-state index contributed by atoms with van der Waals surface area (Å²) in [6, 6.07) is 64.7. The zero-order chi connectivity index (χ0) is 102. The van der Waals surface area contributed by atoms with Crippen LogP contribution in [0.15, 0.2) is 219 Å². The van der Waals surface area contributed by atoms with Crippen LogP contribution in [-0.4, -0.2) is 18.7 Å². The van der Waals surface area contributed by atoms with Crippen molar-refractivity contribution >= 4 is 0 Å². The van der Waals surface area contributed by atoms with Crippen LogP contribution in [0.25, 0.3) is 78.6 Å². The van der Waals surface area contributed by atoms with Gasteiger partial charge in [-0.15, -0.1) is 37.5 Å². The number of rotatable bonds is 5. The number of benzene rings is 9. The molecular weight excluding hydrogens is 1340 g/mol. The predicted octanol–water partition coefficient (Wildman–Crippen LogP) is 22.3. The van der Waals surface area contributed by atoms with E-state index in [1.54, 1.807) is 114 Å². The van der Waals surface area contributed by atoms with Crippen LogP contribution < -0.4 is 18.7 Å². The monoisotopic (exact) mass is 1480 g/mol. The number of hydrogen-bond donors (Lipinski definition) is 0. The van der Waals surface area contributed by atoms with Crippen LogP contribution in [-0.2, 0) is 71.5 Å². The molecule has 8 nitrogen and oxygen atoms in total. The van der Waals surface area contributed by atoms with Gasteiger partial charge in [0.1, 0.15) is 39.8 Å². The van der Waals surface area contributed by atoms with Crippen LogP contribution >= 0.6 is 0 Å². The van der Waals surface area contributed by atoms with Crippen molar-refractivity contribution in [1.29, 1.82) is 0 Å². The normalized spacial score (nSPS) is 24.7.